The SMILES string of the molecule is CCCCCc1ccc(C(=O)N[C@H]2CC[C@@H](n3c(=O)c4cc(F)cnc4n(C4CCSCC4)c3=O)CC2)cc1. The smallest absolute Gasteiger partial charge is 0.333 e. The van der Waals surface area contributed by atoms with Crippen molar-refractivity contribution in [1.29, 1.82) is 0 Å². The first kappa shape index (κ1) is 27.6. The zero-order chi connectivity index (χ0) is 27.4. The van der Waals surface area contributed by atoms with Crippen LogP contribution >= 0.6 is 11.8 Å². The number of nitrogens with one attached hydrogen (secondary N) is 1. The number of rotatable bonds is 8. The second-order valence-corrected chi connectivity index (χ2v) is 12.1. The van der Waals surface area contributed by atoms with Gasteiger partial charge in [-0.25, -0.2) is 14.2 Å². The second-order valence-electron chi connectivity index (χ2n) is 10.8. The molecule has 9 heteroatoms. The van der Waals surface area contributed by atoms with E-state index in [1.807, 2.05) is 36.0 Å². The number of fused-ring (bicyclic) bond motifs is 1. The van der Waals surface area contributed by atoms with E-state index >= 15 is 0 Å². The summed E-state index contributed by atoms with van der Waals surface area (Å²) in [5, 5.41) is 3.29. The highest BCUT2D eigenvalue weighted by Crippen LogP contribution is 2.30. The molecule has 3 aromatic rings. The van der Waals surface area contributed by atoms with Crippen LogP contribution in [-0.2, 0) is 6.42 Å². The molecular formula is C30H37FN4O3S. The Bertz CT molecular complexity index is 1420. The Morgan fingerprint density at radius 1 is 1.00 bits per heavy atom. The maximum atomic E-state index is 14.1. The van der Waals surface area contributed by atoms with Crippen LogP contribution in [-0.4, -0.2) is 37.6 Å². The van der Waals surface area contributed by atoms with Crippen molar-refractivity contribution in [2.45, 2.75) is 89.3 Å². The summed E-state index contributed by atoms with van der Waals surface area (Å²) in [6.07, 6.45) is 9.78. The van der Waals surface area contributed by atoms with E-state index in [2.05, 4.69) is 17.2 Å². The molecule has 2 fully saturated rings. The van der Waals surface area contributed by atoms with Crippen LogP contribution < -0.4 is 16.6 Å². The fraction of sp³-hybridized carbons (Fsp3) is 0.533. The monoisotopic (exact) mass is 552 g/mol. The zero-order valence-corrected chi connectivity index (χ0v) is 23.4. The lowest BCUT2D eigenvalue weighted by Crippen LogP contribution is -2.46. The van der Waals surface area contributed by atoms with Crippen LogP contribution in [0.4, 0.5) is 4.39 Å². The van der Waals surface area contributed by atoms with E-state index in [9.17, 15) is 18.8 Å². The molecular weight excluding hydrogens is 515 g/mol. The maximum absolute atomic E-state index is 14.1. The number of pyridine rings is 1. The predicted octanol–water partition coefficient (Wildman–Crippen LogP) is 5.41. The van der Waals surface area contributed by atoms with E-state index in [-0.39, 0.29) is 40.8 Å². The van der Waals surface area contributed by atoms with Crippen molar-refractivity contribution < 1.29 is 9.18 Å². The molecule has 1 aliphatic carbocycles. The molecule has 0 spiro atoms. The molecule has 1 saturated carbocycles. The van der Waals surface area contributed by atoms with Gasteiger partial charge in [-0.05, 0) is 86.6 Å². The van der Waals surface area contributed by atoms with Crippen molar-refractivity contribution in [2.24, 2.45) is 0 Å². The van der Waals surface area contributed by atoms with Gasteiger partial charge in [0.1, 0.15) is 11.5 Å². The van der Waals surface area contributed by atoms with Gasteiger partial charge in [-0.3, -0.25) is 18.7 Å². The quantitative estimate of drug-likeness (QED) is 0.378. The van der Waals surface area contributed by atoms with E-state index in [1.54, 1.807) is 4.57 Å². The molecule has 7 nitrogen and oxygen atoms in total. The molecule has 1 N–H and O–H groups in total. The molecule has 3 heterocycles. The zero-order valence-electron chi connectivity index (χ0n) is 22.5. The number of halogens is 1. The van der Waals surface area contributed by atoms with Gasteiger partial charge in [0.2, 0.25) is 0 Å². The van der Waals surface area contributed by atoms with Crippen LogP contribution in [0, 0.1) is 5.82 Å². The number of thioether (sulfide) groups is 1. The fourth-order valence-electron chi connectivity index (χ4n) is 5.95. The summed E-state index contributed by atoms with van der Waals surface area (Å²) in [4.78, 5) is 44.3. The van der Waals surface area contributed by atoms with E-state index in [1.165, 1.54) is 29.0 Å². The molecule has 0 bridgehead atoms. The topological polar surface area (TPSA) is 86.0 Å². The Kier molecular flexibility index (Phi) is 8.85. The summed E-state index contributed by atoms with van der Waals surface area (Å²) in [7, 11) is 0. The minimum atomic E-state index is -0.587. The Morgan fingerprint density at radius 2 is 1.69 bits per heavy atom. The highest BCUT2D eigenvalue weighted by Gasteiger charge is 2.29. The summed E-state index contributed by atoms with van der Waals surface area (Å²) in [5.74, 6) is 1.19. The second kappa shape index (κ2) is 12.5. The maximum Gasteiger partial charge on any atom is 0.333 e. The van der Waals surface area contributed by atoms with E-state index in [0.29, 0.717) is 31.2 Å². The molecule has 39 heavy (non-hydrogen) atoms. The van der Waals surface area contributed by atoms with Gasteiger partial charge in [0.05, 0.1) is 11.6 Å². The van der Waals surface area contributed by atoms with Crippen LogP contribution in [0.15, 0.2) is 46.1 Å². The first-order valence-electron chi connectivity index (χ1n) is 14.3. The number of amides is 1. The number of hydrogen-bond donors (Lipinski definition) is 1. The Balaban J connectivity index is 1.30. The highest BCUT2D eigenvalue weighted by molar-refractivity contribution is 7.99. The van der Waals surface area contributed by atoms with Crippen molar-refractivity contribution in [2.75, 3.05) is 11.5 Å². The largest absolute Gasteiger partial charge is 0.349 e. The molecule has 0 radical (unpaired) electrons. The first-order valence-corrected chi connectivity index (χ1v) is 15.4. The van der Waals surface area contributed by atoms with Gasteiger partial charge in [0, 0.05) is 23.7 Å². The molecule has 208 valence electrons. The standard InChI is InChI=1S/C30H37FN4O3S/c1-2-3-4-5-20-6-8-21(9-7-20)28(36)33-23-10-12-24(13-11-23)35-29(37)26-18-22(31)19-32-27(26)34(30(35)38)25-14-16-39-17-15-25/h6-9,18-19,23-25H,2-5,10-17H2,1H3,(H,33,36)/t23-,24+. The minimum absolute atomic E-state index is 0.0224. The number of aryl methyl sites for hydroxylation is 1. The number of aromatic nitrogens is 3. The van der Waals surface area contributed by atoms with Crippen molar-refractivity contribution in [3.63, 3.8) is 0 Å². The van der Waals surface area contributed by atoms with Gasteiger partial charge >= 0.3 is 5.69 Å². The van der Waals surface area contributed by atoms with E-state index < -0.39 is 11.4 Å². The van der Waals surface area contributed by atoms with Crippen molar-refractivity contribution in [1.82, 2.24) is 19.4 Å². The number of unbranched alkanes of at least 4 members (excludes halogenated alkanes) is 2. The van der Waals surface area contributed by atoms with E-state index in [0.717, 1.165) is 43.4 Å². The summed E-state index contributed by atoms with van der Waals surface area (Å²) < 4.78 is 17.1. The lowest BCUT2D eigenvalue weighted by molar-refractivity contribution is 0.0922. The highest BCUT2D eigenvalue weighted by atomic mass is 32.2. The average molecular weight is 553 g/mol. The fourth-order valence-corrected chi connectivity index (χ4v) is 7.03. The van der Waals surface area contributed by atoms with Gasteiger partial charge in [-0.15, -0.1) is 0 Å². The van der Waals surface area contributed by atoms with Crippen LogP contribution in [0.5, 0.6) is 0 Å². The molecule has 0 atom stereocenters. The number of carbonyl (C=O) groups is 1. The third-order valence-electron chi connectivity index (χ3n) is 8.16. The summed E-state index contributed by atoms with van der Waals surface area (Å²) in [6, 6.07) is 8.66. The normalized spacial score (nSPS) is 20.3. The average Bonchev–Trinajstić information content (AvgIpc) is 2.95. The minimum Gasteiger partial charge on any atom is -0.349 e. The number of nitrogens with zero attached hydrogens (tertiary/aromatic N) is 3. The summed E-state index contributed by atoms with van der Waals surface area (Å²) >= 11 is 1.85. The van der Waals surface area contributed by atoms with Gasteiger partial charge in [0.15, 0.2) is 0 Å². The lowest BCUT2D eigenvalue weighted by Gasteiger charge is -2.31. The van der Waals surface area contributed by atoms with Crippen molar-refractivity contribution in [3.8, 4) is 0 Å². The third kappa shape index (κ3) is 6.13. The van der Waals surface area contributed by atoms with Crippen LogP contribution in [0.25, 0.3) is 11.0 Å². The lowest BCUT2D eigenvalue weighted by atomic mass is 9.90. The van der Waals surface area contributed by atoms with Gasteiger partial charge < -0.3 is 5.32 Å². The van der Waals surface area contributed by atoms with Crippen LogP contribution in [0.3, 0.4) is 0 Å². The third-order valence-corrected chi connectivity index (χ3v) is 9.21. The summed E-state index contributed by atoms with van der Waals surface area (Å²) in [5.41, 5.74) is 1.33. The molecule has 1 aliphatic heterocycles. The molecule has 1 amide bonds. The molecule has 0 unspecified atom stereocenters. The van der Waals surface area contributed by atoms with Gasteiger partial charge in [0.25, 0.3) is 11.5 Å². The molecule has 2 aliphatic rings. The van der Waals surface area contributed by atoms with Crippen molar-refractivity contribution >= 4 is 28.7 Å². The van der Waals surface area contributed by atoms with Gasteiger partial charge in [-0.1, -0.05) is 31.9 Å². The number of benzene rings is 1. The molecule has 5 rings (SSSR count). The number of hydrogen-bond acceptors (Lipinski definition) is 5. The molecule has 1 saturated heterocycles. The number of carbonyl (C=O) groups excluding carboxylic acids is 1. The Morgan fingerprint density at radius 3 is 2.38 bits per heavy atom. The predicted molar refractivity (Wildman–Crippen MR) is 154 cm³/mol. The van der Waals surface area contributed by atoms with Crippen LogP contribution in [0.1, 0.15) is 92.7 Å². The van der Waals surface area contributed by atoms with E-state index in [4.69, 9.17) is 0 Å². The van der Waals surface area contributed by atoms with Crippen molar-refractivity contribution in [3.05, 3.63) is 74.3 Å². The Hall–Kier alpha value is -2.94. The summed E-state index contributed by atoms with van der Waals surface area (Å²) in [6.45, 7) is 2.19. The Labute approximate surface area is 232 Å². The molecule has 2 aromatic heterocycles. The van der Waals surface area contributed by atoms with Gasteiger partial charge in [-0.2, -0.15) is 11.8 Å². The van der Waals surface area contributed by atoms with Crippen LogP contribution in [0.2, 0.25) is 0 Å². The molecule has 1 aromatic carbocycles. The first-order chi connectivity index (χ1) is 19.0.